The molecule has 0 radical (unpaired) electrons. The molecule has 234 valence electrons. The highest BCUT2D eigenvalue weighted by molar-refractivity contribution is 5.73. The molecule has 4 aromatic carbocycles. The molecule has 7 heteroatoms. The summed E-state index contributed by atoms with van der Waals surface area (Å²) < 4.78 is 13.3. The molecule has 2 heterocycles. The lowest BCUT2D eigenvalue weighted by Crippen LogP contribution is -2.49. The molecule has 2 aliphatic heterocycles. The Morgan fingerprint density at radius 2 is 1.44 bits per heavy atom. The summed E-state index contributed by atoms with van der Waals surface area (Å²) in [5.74, 6) is -0.0384. The van der Waals surface area contributed by atoms with Gasteiger partial charge in [0.2, 0.25) is 5.91 Å². The Hall–Kier alpha value is -3.85. The van der Waals surface area contributed by atoms with Gasteiger partial charge in [0, 0.05) is 64.7 Å². The summed E-state index contributed by atoms with van der Waals surface area (Å²) in [6, 6.07) is 35.4. The summed E-state index contributed by atoms with van der Waals surface area (Å²) in [6.45, 7) is 8.05. The number of rotatable bonds is 10. The highest BCUT2D eigenvalue weighted by Gasteiger charge is 2.33. The molecule has 0 unspecified atom stereocenters. The number of hydrogen-bond acceptors (Lipinski definition) is 6. The van der Waals surface area contributed by atoms with E-state index in [-0.39, 0.29) is 24.7 Å². The van der Waals surface area contributed by atoms with Crippen LogP contribution in [0.2, 0.25) is 0 Å². The van der Waals surface area contributed by atoms with Crippen molar-refractivity contribution in [3.05, 3.63) is 131 Å². The van der Waals surface area contributed by atoms with Gasteiger partial charge in [0.25, 0.3) is 0 Å². The Labute approximate surface area is 266 Å². The third kappa shape index (κ3) is 8.45. The minimum atomic E-state index is -0.481. The van der Waals surface area contributed by atoms with E-state index in [1.54, 1.807) is 0 Å². The number of aliphatic hydroxyl groups excluding tert-OH is 1. The van der Waals surface area contributed by atoms with Gasteiger partial charge in [-0.05, 0) is 39.4 Å². The van der Waals surface area contributed by atoms with E-state index in [9.17, 15) is 9.90 Å². The number of aliphatic hydroxyl groups is 1. The van der Waals surface area contributed by atoms with Crippen LogP contribution in [-0.2, 0) is 34.0 Å². The predicted octanol–water partition coefficient (Wildman–Crippen LogP) is 5.85. The summed E-state index contributed by atoms with van der Waals surface area (Å²) in [7, 11) is 0. The molecule has 1 amide bonds. The Kier molecular flexibility index (Phi) is 10.4. The van der Waals surface area contributed by atoms with Gasteiger partial charge in [0.1, 0.15) is 0 Å². The molecule has 0 aliphatic carbocycles. The van der Waals surface area contributed by atoms with Crippen LogP contribution in [0.3, 0.4) is 0 Å². The normalized spacial score (nSPS) is 21.0. The van der Waals surface area contributed by atoms with Gasteiger partial charge < -0.3 is 19.9 Å². The lowest BCUT2D eigenvalue weighted by atomic mass is 9.98. The van der Waals surface area contributed by atoms with Crippen molar-refractivity contribution in [2.45, 2.75) is 51.5 Å². The van der Waals surface area contributed by atoms with Gasteiger partial charge >= 0.3 is 0 Å². The number of hydrogen-bond donors (Lipinski definition) is 2. The molecule has 4 aromatic rings. The zero-order valence-electron chi connectivity index (χ0n) is 26.0. The second kappa shape index (κ2) is 15.0. The van der Waals surface area contributed by atoms with Gasteiger partial charge in [-0.3, -0.25) is 14.6 Å². The monoisotopic (exact) mass is 605 g/mol. The SMILES string of the molecule is CC(=O)NCc1cccc(-c2ccc([C@@H]3O[C@H](CN4CCN(Cc5ccccc5)CC4)C[C@H](c4ccc(CO)cc4)O3)cc2)c1. The lowest BCUT2D eigenvalue weighted by Gasteiger charge is -2.40. The average molecular weight is 606 g/mol. The van der Waals surface area contributed by atoms with Crippen LogP contribution in [0, 0.1) is 0 Å². The van der Waals surface area contributed by atoms with Crippen LogP contribution < -0.4 is 5.32 Å². The Bertz CT molecular complexity index is 1520. The Morgan fingerprint density at radius 1 is 0.756 bits per heavy atom. The second-order valence-electron chi connectivity index (χ2n) is 12.1. The van der Waals surface area contributed by atoms with E-state index in [1.165, 1.54) is 12.5 Å². The van der Waals surface area contributed by atoms with Gasteiger partial charge in [-0.25, -0.2) is 0 Å². The maximum Gasteiger partial charge on any atom is 0.217 e. The highest BCUT2D eigenvalue weighted by Crippen LogP contribution is 2.38. The summed E-state index contributed by atoms with van der Waals surface area (Å²) in [5, 5.41) is 12.4. The Balaban J connectivity index is 1.14. The van der Waals surface area contributed by atoms with Crippen molar-refractivity contribution in [3.8, 4) is 11.1 Å². The summed E-state index contributed by atoms with van der Waals surface area (Å²) in [4.78, 5) is 16.4. The van der Waals surface area contributed by atoms with Crippen molar-refractivity contribution in [1.82, 2.24) is 15.1 Å². The zero-order chi connectivity index (χ0) is 31.0. The molecule has 6 rings (SSSR count). The molecular formula is C38H43N3O4. The van der Waals surface area contributed by atoms with Gasteiger partial charge in [-0.15, -0.1) is 0 Å². The van der Waals surface area contributed by atoms with Gasteiger partial charge in [-0.2, -0.15) is 0 Å². The molecule has 0 aromatic heterocycles. The fourth-order valence-corrected chi connectivity index (χ4v) is 6.21. The van der Waals surface area contributed by atoms with E-state index in [0.29, 0.717) is 6.54 Å². The van der Waals surface area contributed by atoms with Gasteiger partial charge in [0.05, 0.1) is 18.8 Å². The molecule has 2 fully saturated rings. The quantitative estimate of drug-likeness (QED) is 0.237. The van der Waals surface area contributed by atoms with E-state index in [2.05, 4.69) is 94.0 Å². The lowest BCUT2D eigenvalue weighted by molar-refractivity contribution is -0.253. The van der Waals surface area contributed by atoms with E-state index in [0.717, 1.165) is 79.1 Å². The molecule has 0 bridgehead atoms. The van der Waals surface area contributed by atoms with E-state index < -0.39 is 6.29 Å². The number of benzene rings is 4. The molecule has 45 heavy (non-hydrogen) atoms. The van der Waals surface area contributed by atoms with Crippen LogP contribution in [0.15, 0.2) is 103 Å². The predicted molar refractivity (Wildman–Crippen MR) is 176 cm³/mol. The number of carbonyl (C=O) groups is 1. The first-order chi connectivity index (χ1) is 22.0. The number of amides is 1. The molecule has 7 nitrogen and oxygen atoms in total. The minimum absolute atomic E-state index is 0.0251. The van der Waals surface area contributed by atoms with Gasteiger partial charge in [0.15, 0.2) is 6.29 Å². The summed E-state index contributed by atoms with van der Waals surface area (Å²) in [5.41, 5.74) is 7.60. The molecule has 2 aliphatic rings. The van der Waals surface area contributed by atoms with Crippen LogP contribution in [0.1, 0.15) is 53.6 Å². The van der Waals surface area contributed by atoms with Crippen molar-refractivity contribution < 1.29 is 19.4 Å². The van der Waals surface area contributed by atoms with Crippen molar-refractivity contribution in [3.63, 3.8) is 0 Å². The van der Waals surface area contributed by atoms with Crippen LogP contribution in [0.5, 0.6) is 0 Å². The topological polar surface area (TPSA) is 74.3 Å². The molecule has 0 spiro atoms. The fourth-order valence-electron chi connectivity index (χ4n) is 6.21. The second-order valence-corrected chi connectivity index (χ2v) is 12.1. The maximum absolute atomic E-state index is 11.4. The first-order valence-electron chi connectivity index (χ1n) is 16.0. The van der Waals surface area contributed by atoms with Crippen molar-refractivity contribution in [2.75, 3.05) is 32.7 Å². The molecular weight excluding hydrogens is 562 g/mol. The number of carbonyl (C=O) groups excluding carboxylic acids is 1. The largest absolute Gasteiger partial charge is 0.392 e. The zero-order valence-corrected chi connectivity index (χ0v) is 26.0. The van der Waals surface area contributed by atoms with Crippen LogP contribution in [-0.4, -0.2) is 59.6 Å². The third-order valence-corrected chi connectivity index (χ3v) is 8.78. The molecule has 3 atom stereocenters. The molecule has 2 N–H and O–H groups in total. The Morgan fingerprint density at radius 3 is 2.16 bits per heavy atom. The number of ether oxygens (including phenoxy) is 2. The number of nitrogens with one attached hydrogen (secondary N) is 1. The summed E-state index contributed by atoms with van der Waals surface area (Å²) in [6.07, 6.45) is 0.215. The first-order valence-corrected chi connectivity index (χ1v) is 16.0. The molecule has 2 saturated heterocycles. The van der Waals surface area contributed by atoms with E-state index in [4.69, 9.17) is 9.47 Å². The van der Waals surface area contributed by atoms with Crippen molar-refractivity contribution >= 4 is 5.91 Å². The fraction of sp³-hybridized carbons (Fsp3) is 0.342. The smallest absolute Gasteiger partial charge is 0.217 e. The first kappa shape index (κ1) is 31.1. The van der Waals surface area contributed by atoms with E-state index >= 15 is 0 Å². The van der Waals surface area contributed by atoms with Crippen LogP contribution in [0.25, 0.3) is 11.1 Å². The van der Waals surface area contributed by atoms with Crippen molar-refractivity contribution in [1.29, 1.82) is 0 Å². The van der Waals surface area contributed by atoms with Crippen molar-refractivity contribution in [2.24, 2.45) is 0 Å². The number of nitrogens with zero attached hydrogens (tertiary/aromatic N) is 2. The minimum Gasteiger partial charge on any atom is -0.392 e. The number of piperazine rings is 1. The average Bonchev–Trinajstić information content (AvgIpc) is 3.09. The van der Waals surface area contributed by atoms with Gasteiger partial charge in [-0.1, -0.05) is 97.1 Å². The molecule has 0 saturated carbocycles. The maximum atomic E-state index is 11.4. The third-order valence-electron chi connectivity index (χ3n) is 8.78. The van der Waals surface area contributed by atoms with E-state index in [1.807, 2.05) is 24.3 Å². The summed E-state index contributed by atoms with van der Waals surface area (Å²) >= 11 is 0. The standard InChI is InChI=1S/C38H43N3O4/c1-28(43)39-24-31-8-5-9-35(22-31)32-14-16-34(17-15-32)38-44-36(23-37(45-38)33-12-10-30(27-42)11-13-33)26-41-20-18-40(19-21-41)25-29-6-3-2-4-7-29/h2-17,22,36-38,42H,18-21,23-27H2,1H3,(H,39,43)/t36-,37+,38+/m0/s1. The highest BCUT2D eigenvalue weighted by atomic mass is 16.7. The van der Waals surface area contributed by atoms with Crippen LogP contribution in [0.4, 0.5) is 0 Å². The van der Waals surface area contributed by atoms with Crippen LogP contribution >= 0.6 is 0 Å².